The van der Waals surface area contributed by atoms with E-state index in [4.69, 9.17) is 10.5 Å². The first kappa shape index (κ1) is 9.92. The topological polar surface area (TPSA) is 35.2 Å². The monoisotopic (exact) mass is 145 g/mol. The van der Waals surface area contributed by atoms with Crippen LogP contribution in [0.2, 0.25) is 0 Å². The molecule has 0 bridgehead atoms. The van der Waals surface area contributed by atoms with Gasteiger partial charge in [-0.25, -0.2) is 0 Å². The van der Waals surface area contributed by atoms with Crippen LogP contribution in [0.15, 0.2) is 0 Å². The highest BCUT2D eigenvalue weighted by atomic mass is 16.5. The second-order valence-electron chi connectivity index (χ2n) is 3.45. The molecular weight excluding hydrogens is 126 g/mol. The molecule has 0 aliphatic heterocycles. The van der Waals surface area contributed by atoms with Crippen molar-refractivity contribution in [2.24, 2.45) is 11.1 Å². The van der Waals surface area contributed by atoms with Gasteiger partial charge in [0.1, 0.15) is 0 Å². The van der Waals surface area contributed by atoms with Gasteiger partial charge in [-0.3, -0.25) is 0 Å². The SMILES string of the molecule is COCCC(C)(C)CCN. The molecule has 0 amide bonds. The van der Waals surface area contributed by atoms with Crippen molar-refractivity contribution in [3.63, 3.8) is 0 Å². The number of methoxy groups -OCH3 is 1. The number of rotatable bonds is 5. The van der Waals surface area contributed by atoms with Crippen LogP contribution >= 0.6 is 0 Å². The van der Waals surface area contributed by atoms with E-state index in [-0.39, 0.29) is 0 Å². The van der Waals surface area contributed by atoms with Crippen molar-refractivity contribution >= 4 is 0 Å². The third-order valence-corrected chi connectivity index (χ3v) is 1.80. The molecule has 0 aromatic rings. The number of ether oxygens (including phenoxy) is 1. The van der Waals surface area contributed by atoms with E-state index < -0.39 is 0 Å². The first-order chi connectivity index (χ1) is 4.62. The van der Waals surface area contributed by atoms with Crippen LogP contribution in [0.3, 0.4) is 0 Å². The third kappa shape index (κ3) is 4.77. The second-order valence-corrected chi connectivity index (χ2v) is 3.45. The third-order valence-electron chi connectivity index (χ3n) is 1.80. The summed E-state index contributed by atoms with van der Waals surface area (Å²) < 4.78 is 4.98. The Kier molecular flexibility index (Phi) is 4.65. The molecule has 0 aliphatic rings. The van der Waals surface area contributed by atoms with Crippen molar-refractivity contribution in [1.82, 2.24) is 0 Å². The van der Waals surface area contributed by atoms with Gasteiger partial charge in [0.15, 0.2) is 0 Å². The largest absolute Gasteiger partial charge is 0.385 e. The van der Waals surface area contributed by atoms with Crippen LogP contribution in [-0.2, 0) is 4.74 Å². The molecular formula is C8H19NO. The van der Waals surface area contributed by atoms with E-state index in [1.54, 1.807) is 7.11 Å². The summed E-state index contributed by atoms with van der Waals surface area (Å²) in [6, 6.07) is 0. The maximum absolute atomic E-state index is 5.45. The van der Waals surface area contributed by atoms with Crippen molar-refractivity contribution < 1.29 is 4.74 Å². The Morgan fingerprint density at radius 2 is 1.90 bits per heavy atom. The zero-order chi connectivity index (χ0) is 8.04. The number of nitrogens with two attached hydrogens (primary N) is 1. The normalized spacial score (nSPS) is 12.0. The summed E-state index contributed by atoms with van der Waals surface area (Å²) in [4.78, 5) is 0. The Bertz CT molecular complexity index is 81.3. The van der Waals surface area contributed by atoms with Crippen LogP contribution in [0.4, 0.5) is 0 Å². The van der Waals surface area contributed by atoms with Gasteiger partial charge in [-0.1, -0.05) is 13.8 Å². The molecule has 10 heavy (non-hydrogen) atoms. The van der Waals surface area contributed by atoms with Crippen molar-refractivity contribution in [2.75, 3.05) is 20.3 Å². The molecule has 0 aromatic heterocycles. The minimum absolute atomic E-state index is 0.352. The van der Waals surface area contributed by atoms with Crippen LogP contribution < -0.4 is 5.73 Å². The first-order valence-electron chi connectivity index (χ1n) is 3.81. The predicted octanol–water partition coefficient (Wildman–Crippen LogP) is 1.40. The fraction of sp³-hybridized carbons (Fsp3) is 1.00. The minimum atomic E-state index is 0.352. The summed E-state index contributed by atoms with van der Waals surface area (Å²) in [7, 11) is 1.73. The Balaban J connectivity index is 3.42. The second kappa shape index (κ2) is 4.69. The van der Waals surface area contributed by atoms with Crippen LogP contribution in [0.1, 0.15) is 26.7 Å². The van der Waals surface area contributed by atoms with E-state index in [9.17, 15) is 0 Å². The molecule has 2 heteroatoms. The fourth-order valence-corrected chi connectivity index (χ4v) is 0.894. The van der Waals surface area contributed by atoms with Crippen LogP contribution in [0, 0.1) is 5.41 Å². The quantitative estimate of drug-likeness (QED) is 0.634. The van der Waals surface area contributed by atoms with E-state index >= 15 is 0 Å². The van der Waals surface area contributed by atoms with E-state index in [1.165, 1.54) is 0 Å². The highest BCUT2D eigenvalue weighted by Gasteiger charge is 2.15. The molecule has 0 saturated heterocycles. The maximum atomic E-state index is 5.45. The zero-order valence-corrected chi connectivity index (χ0v) is 7.31. The molecule has 0 atom stereocenters. The van der Waals surface area contributed by atoms with Crippen LogP contribution in [-0.4, -0.2) is 20.3 Å². The highest BCUT2D eigenvalue weighted by molar-refractivity contribution is 4.68. The molecule has 0 heterocycles. The van der Waals surface area contributed by atoms with E-state index in [0.29, 0.717) is 5.41 Å². The molecule has 0 aromatic carbocycles. The van der Waals surface area contributed by atoms with Gasteiger partial charge < -0.3 is 10.5 Å². The van der Waals surface area contributed by atoms with E-state index in [2.05, 4.69) is 13.8 Å². The predicted molar refractivity (Wildman–Crippen MR) is 43.9 cm³/mol. The average Bonchev–Trinajstić information content (AvgIpc) is 1.84. The molecule has 0 aliphatic carbocycles. The lowest BCUT2D eigenvalue weighted by Gasteiger charge is -2.22. The van der Waals surface area contributed by atoms with E-state index in [0.717, 1.165) is 26.0 Å². The standard InChI is InChI=1S/C8H19NO/c1-8(2,4-6-9)5-7-10-3/h4-7,9H2,1-3H3. The van der Waals surface area contributed by atoms with Crippen molar-refractivity contribution in [1.29, 1.82) is 0 Å². The molecule has 0 saturated carbocycles. The summed E-state index contributed by atoms with van der Waals surface area (Å²) in [5.41, 5.74) is 5.80. The van der Waals surface area contributed by atoms with Crippen molar-refractivity contribution in [3.05, 3.63) is 0 Å². The Labute approximate surface area is 63.7 Å². The molecule has 0 fully saturated rings. The lowest BCUT2D eigenvalue weighted by atomic mass is 9.86. The number of hydrogen-bond acceptors (Lipinski definition) is 2. The van der Waals surface area contributed by atoms with E-state index in [1.807, 2.05) is 0 Å². The van der Waals surface area contributed by atoms with Gasteiger partial charge >= 0.3 is 0 Å². The summed E-state index contributed by atoms with van der Waals surface area (Å²) in [6.45, 7) is 6.06. The summed E-state index contributed by atoms with van der Waals surface area (Å²) >= 11 is 0. The maximum Gasteiger partial charge on any atom is 0.0467 e. The molecule has 62 valence electrons. The van der Waals surface area contributed by atoms with Crippen molar-refractivity contribution in [2.45, 2.75) is 26.7 Å². The smallest absolute Gasteiger partial charge is 0.0467 e. The van der Waals surface area contributed by atoms with Crippen LogP contribution in [0.25, 0.3) is 0 Å². The van der Waals surface area contributed by atoms with Crippen molar-refractivity contribution in [3.8, 4) is 0 Å². The molecule has 0 radical (unpaired) electrons. The molecule has 2 N–H and O–H groups in total. The van der Waals surface area contributed by atoms with Gasteiger partial charge in [0.2, 0.25) is 0 Å². The fourth-order valence-electron chi connectivity index (χ4n) is 0.894. The van der Waals surface area contributed by atoms with Crippen LogP contribution in [0.5, 0.6) is 0 Å². The molecule has 0 unspecified atom stereocenters. The molecule has 0 rings (SSSR count). The Morgan fingerprint density at radius 1 is 1.30 bits per heavy atom. The van der Waals surface area contributed by atoms with Gasteiger partial charge in [-0.05, 0) is 24.8 Å². The zero-order valence-electron chi connectivity index (χ0n) is 7.31. The van der Waals surface area contributed by atoms with Gasteiger partial charge in [0.05, 0.1) is 0 Å². The minimum Gasteiger partial charge on any atom is -0.385 e. The molecule has 0 spiro atoms. The number of hydrogen-bond donors (Lipinski definition) is 1. The summed E-state index contributed by atoms with van der Waals surface area (Å²) in [5, 5.41) is 0. The summed E-state index contributed by atoms with van der Waals surface area (Å²) in [6.07, 6.45) is 2.18. The lowest BCUT2D eigenvalue weighted by Crippen LogP contribution is -2.18. The summed E-state index contributed by atoms with van der Waals surface area (Å²) in [5.74, 6) is 0. The van der Waals surface area contributed by atoms with Gasteiger partial charge in [-0.15, -0.1) is 0 Å². The molecule has 2 nitrogen and oxygen atoms in total. The first-order valence-corrected chi connectivity index (χ1v) is 3.81. The Hall–Kier alpha value is -0.0800. The van der Waals surface area contributed by atoms with Gasteiger partial charge in [0, 0.05) is 13.7 Å². The average molecular weight is 145 g/mol. The highest BCUT2D eigenvalue weighted by Crippen LogP contribution is 2.23. The van der Waals surface area contributed by atoms with Gasteiger partial charge in [0.25, 0.3) is 0 Å². The Morgan fingerprint density at radius 3 is 2.30 bits per heavy atom. The lowest BCUT2D eigenvalue weighted by molar-refractivity contribution is 0.149. The van der Waals surface area contributed by atoms with Gasteiger partial charge in [-0.2, -0.15) is 0 Å².